The summed E-state index contributed by atoms with van der Waals surface area (Å²) >= 11 is 12.1. The van der Waals surface area contributed by atoms with Crippen molar-refractivity contribution in [3.05, 3.63) is 148 Å². The highest BCUT2D eigenvalue weighted by Crippen LogP contribution is 2.31. The van der Waals surface area contributed by atoms with Gasteiger partial charge in [0.1, 0.15) is 11.6 Å². The molecule has 0 aliphatic rings. The quantitative estimate of drug-likeness (QED) is 0.0294. The number of likely N-dealkylation sites (N-methyl/N-ethyl adjacent to an activating group) is 1. The molecular formula is C55H69B2Cl2F2NO10S. The van der Waals surface area contributed by atoms with Crippen molar-refractivity contribution in [1.82, 2.24) is 4.90 Å². The maximum atomic E-state index is 14.3. The monoisotopic (exact) mass is 1070 g/mol. The summed E-state index contributed by atoms with van der Waals surface area (Å²) in [6.07, 6.45) is 3.00. The summed E-state index contributed by atoms with van der Waals surface area (Å²) < 4.78 is 75.0. The van der Waals surface area contributed by atoms with E-state index < -0.39 is 35.8 Å². The first-order valence-electron chi connectivity index (χ1n) is 24.6. The summed E-state index contributed by atoms with van der Waals surface area (Å²) in [6, 6.07) is 30.2. The number of nitrogens with zero attached hydrogens (tertiary/aromatic N) is 1. The maximum Gasteiger partial charge on any atom is 0.311 e. The third-order valence-electron chi connectivity index (χ3n) is 12.2. The summed E-state index contributed by atoms with van der Waals surface area (Å²) in [5.74, 6) is -2.72. The number of hydrogen-bond acceptors (Lipinski definition) is 11. The SMILES string of the molecule is CCOC(=O)[C@@H](C[C@H](CB(C)O)Cc1ccc(-c2cc(Cl)ccc2F)cc1)CN(C)CCOC.CCOC(=O)[C@H](COS(=O)(=O)c1ccc(C)cc1)C[C@H](CB(C)O)Cc1ccc(-c2cc(Cl)ccc2F)cc1. The van der Waals surface area contributed by atoms with Crippen LogP contribution in [-0.4, -0.2) is 103 Å². The molecule has 0 bridgehead atoms. The van der Waals surface area contributed by atoms with E-state index in [-0.39, 0.29) is 59.9 Å². The van der Waals surface area contributed by atoms with E-state index in [9.17, 15) is 36.8 Å². The molecule has 0 unspecified atom stereocenters. The molecule has 0 radical (unpaired) electrons. The first kappa shape index (κ1) is 60.9. The van der Waals surface area contributed by atoms with Gasteiger partial charge in [0.25, 0.3) is 23.9 Å². The van der Waals surface area contributed by atoms with Gasteiger partial charge in [-0.25, -0.2) is 8.78 Å². The lowest BCUT2D eigenvalue weighted by molar-refractivity contribution is -0.150. The fourth-order valence-electron chi connectivity index (χ4n) is 8.70. The van der Waals surface area contributed by atoms with Crippen LogP contribution >= 0.6 is 23.2 Å². The van der Waals surface area contributed by atoms with E-state index in [2.05, 4.69) is 4.90 Å². The molecule has 11 nitrogen and oxygen atoms in total. The topological polar surface area (TPSA) is 149 Å². The molecule has 5 aromatic carbocycles. The lowest BCUT2D eigenvalue weighted by Gasteiger charge is -2.27. The number of ether oxygens (including phenoxy) is 3. The van der Waals surface area contributed by atoms with Crippen LogP contribution in [0.25, 0.3) is 22.3 Å². The number of carbonyl (C=O) groups excluding carboxylic acids is 2. The van der Waals surface area contributed by atoms with Crippen molar-refractivity contribution in [3.63, 3.8) is 0 Å². The van der Waals surface area contributed by atoms with Gasteiger partial charge < -0.3 is 29.2 Å². The molecule has 0 saturated heterocycles. The van der Waals surface area contributed by atoms with Gasteiger partial charge in [0.05, 0.1) is 43.2 Å². The number of benzene rings is 5. The molecule has 0 saturated carbocycles. The van der Waals surface area contributed by atoms with E-state index in [1.165, 1.54) is 36.4 Å². The largest absolute Gasteiger partial charge is 0.466 e. The lowest BCUT2D eigenvalue weighted by Crippen LogP contribution is -2.35. The van der Waals surface area contributed by atoms with Crippen LogP contribution in [0.1, 0.15) is 43.4 Å². The van der Waals surface area contributed by atoms with Crippen LogP contribution in [0.4, 0.5) is 8.78 Å². The zero-order chi connectivity index (χ0) is 53.7. The number of rotatable bonds is 27. The van der Waals surface area contributed by atoms with Crippen molar-refractivity contribution >= 4 is 59.1 Å². The summed E-state index contributed by atoms with van der Waals surface area (Å²) in [7, 11) is -0.458. The normalized spacial score (nSPS) is 13.1. The summed E-state index contributed by atoms with van der Waals surface area (Å²) in [5, 5.41) is 21.2. The minimum Gasteiger partial charge on any atom is -0.466 e. The Morgan fingerprint density at radius 3 is 1.55 bits per heavy atom. The molecule has 0 aromatic heterocycles. The second-order valence-electron chi connectivity index (χ2n) is 18.6. The molecular weight excluding hydrogens is 997 g/mol. The predicted molar refractivity (Wildman–Crippen MR) is 289 cm³/mol. The molecule has 0 heterocycles. The summed E-state index contributed by atoms with van der Waals surface area (Å²) in [6.45, 7) is 9.59. The minimum atomic E-state index is -4.07. The Bertz CT molecular complexity index is 2600. The molecule has 0 aliphatic heterocycles. The third kappa shape index (κ3) is 20.9. The number of aryl methyl sites for hydroxylation is 1. The van der Waals surface area contributed by atoms with Crippen molar-refractivity contribution in [2.45, 2.75) is 77.6 Å². The van der Waals surface area contributed by atoms with Gasteiger partial charge in [-0.1, -0.05) is 103 Å². The smallest absolute Gasteiger partial charge is 0.311 e. The number of methoxy groups -OCH3 is 1. The van der Waals surface area contributed by atoms with Crippen LogP contribution in [0.5, 0.6) is 0 Å². The molecule has 0 spiro atoms. The fourth-order valence-corrected chi connectivity index (χ4v) is 9.99. The molecule has 73 heavy (non-hydrogen) atoms. The van der Waals surface area contributed by atoms with E-state index >= 15 is 0 Å². The van der Waals surface area contributed by atoms with Gasteiger partial charge >= 0.3 is 11.9 Å². The van der Waals surface area contributed by atoms with Gasteiger partial charge in [-0.15, -0.1) is 0 Å². The molecule has 5 rings (SSSR count). The molecule has 4 atom stereocenters. The average molecular weight is 1070 g/mol. The van der Waals surface area contributed by atoms with Crippen molar-refractivity contribution in [1.29, 1.82) is 0 Å². The van der Waals surface area contributed by atoms with Crippen LogP contribution in [-0.2, 0) is 50.9 Å². The van der Waals surface area contributed by atoms with Gasteiger partial charge in [-0.2, -0.15) is 8.42 Å². The number of halogens is 4. The highest BCUT2D eigenvalue weighted by atomic mass is 35.5. The zero-order valence-electron chi connectivity index (χ0n) is 42.9. The molecule has 0 aliphatic carbocycles. The zero-order valence-corrected chi connectivity index (χ0v) is 45.2. The fraction of sp³-hybridized carbons (Fsp3) is 0.418. The van der Waals surface area contributed by atoms with Crippen LogP contribution in [0.3, 0.4) is 0 Å². The minimum absolute atomic E-state index is 0.00692. The van der Waals surface area contributed by atoms with Gasteiger partial charge in [0, 0.05) is 41.4 Å². The van der Waals surface area contributed by atoms with E-state index in [1.807, 2.05) is 50.4 Å². The van der Waals surface area contributed by atoms with E-state index in [0.29, 0.717) is 78.4 Å². The highest BCUT2D eigenvalue weighted by Gasteiger charge is 2.30. The van der Waals surface area contributed by atoms with Crippen molar-refractivity contribution in [2.75, 3.05) is 53.7 Å². The first-order chi connectivity index (χ1) is 34.7. The summed E-state index contributed by atoms with van der Waals surface area (Å²) in [4.78, 5) is 27.5. The Kier molecular flexibility index (Phi) is 25.6. The van der Waals surface area contributed by atoms with Crippen LogP contribution in [0, 0.1) is 42.2 Å². The molecule has 5 aromatic rings. The van der Waals surface area contributed by atoms with E-state index in [1.54, 1.807) is 71.0 Å². The number of carbonyl (C=O) groups is 2. The van der Waals surface area contributed by atoms with Crippen molar-refractivity contribution < 1.29 is 55.2 Å². The Balaban J connectivity index is 0.000000320. The van der Waals surface area contributed by atoms with Gasteiger partial charge in [0.15, 0.2) is 0 Å². The van der Waals surface area contributed by atoms with Crippen molar-refractivity contribution in [3.8, 4) is 22.3 Å². The Hall–Kier alpha value is -4.64. The van der Waals surface area contributed by atoms with Gasteiger partial charge in [0.2, 0.25) is 0 Å². The van der Waals surface area contributed by atoms with E-state index in [4.69, 9.17) is 41.6 Å². The van der Waals surface area contributed by atoms with Gasteiger partial charge in [-0.3, -0.25) is 13.8 Å². The van der Waals surface area contributed by atoms with Gasteiger partial charge in [-0.05, 0) is 149 Å². The first-order valence-corrected chi connectivity index (χ1v) is 26.8. The predicted octanol–water partition coefficient (Wildman–Crippen LogP) is 11.3. The third-order valence-corrected chi connectivity index (χ3v) is 14.0. The standard InChI is InChI=1S/C29H33BClFO6S.C26H36BClFNO4/c1-4-37-29(33)24(19-38-39(35,36)26-12-5-20(2)6-13-26)16-22(18-30(3)34)15-21-7-9-23(10-8-21)27-17-25(31)11-14-28(27)32;1-5-34-26(31)22(18-30(3)12-13-33-4)15-20(17-27(2)32)14-19-6-8-21(9-7-19)24-16-23(28)10-11-25(24)29/h5-14,17,22,24,34H,4,15-16,18-19H2,1-3H3;6-11,16,20,22,32H,5,12-15,17-18H2,1-4H3/t22-,24+;20-,22+/m11/s1. The van der Waals surface area contributed by atoms with Crippen LogP contribution in [0.15, 0.2) is 114 Å². The second-order valence-corrected chi connectivity index (χ2v) is 21.1. The summed E-state index contributed by atoms with van der Waals surface area (Å²) in [5.41, 5.74) is 5.16. The Labute approximate surface area is 441 Å². The number of hydrogen-bond donors (Lipinski definition) is 2. The molecule has 18 heteroatoms. The highest BCUT2D eigenvalue weighted by molar-refractivity contribution is 7.86. The Morgan fingerprint density at radius 1 is 0.685 bits per heavy atom. The molecule has 0 fully saturated rings. The van der Waals surface area contributed by atoms with E-state index in [0.717, 1.165) is 28.8 Å². The number of esters is 2. The molecule has 394 valence electrons. The second kappa shape index (κ2) is 30.7. The molecule has 0 amide bonds. The molecule has 2 N–H and O–H groups in total. The van der Waals surface area contributed by atoms with Crippen LogP contribution < -0.4 is 0 Å². The maximum absolute atomic E-state index is 14.3. The average Bonchev–Trinajstić information content (AvgIpc) is 3.34. The Morgan fingerprint density at radius 2 is 1.12 bits per heavy atom. The lowest BCUT2D eigenvalue weighted by atomic mass is 9.62. The van der Waals surface area contributed by atoms with Crippen molar-refractivity contribution in [2.24, 2.45) is 23.7 Å². The van der Waals surface area contributed by atoms with Crippen LogP contribution in [0.2, 0.25) is 36.3 Å².